The fourth-order valence-corrected chi connectivity index (χ4v) is 8.26. The number of benzene rings is 2. The van der Waals surface area contributed by atoms with Crippen molar-refractivity contribution >= 4 is 43.4 Å². The number of rotatable bonds is 7. The molecule has 0 aliphatic carbocycles. The van der Waals surface area contributed by atoms with Gasteiger partial charge in [-0.05, 0) is 70.0 Å². The lowest BCUT2D eigenvalue weighted by atomic mass is 9.97. The molecule has 5 heterocycles. The minimum atomic E-state index is -5.32. The molecule has 4 aromatic rings. The van der Waals surface area contributed by atoms with E-state index in [0.29, 0.717) is 19.3 Å². The lowest BCUT2D eigenvalue weighted by molar-refractivity contribution is -0.275. The molecular weight excluding hydrogens is 729 g/mol. The van der Waals surface area contributed by atoms with Gasteiger partial charge in [0.25, 0.3) is 0 Å². The first-order valence-electron chi connectivity index (χ1n) is 17.0. The number of nitrogens with zero attached hydrogens (tertiary/aromatic N) is 5. The number of fused-ring (bicyclic) bond motifs is 6. The van der Waals surface area contributed by atoms with Crippen LogP contribution in [0.25, 0.3) is 32.9 Å². The van der Waals surface area contributed by atoms with Gasteiger partial charge in [-0.25, -0.2) is 36.9 Å². The number of halogens is 5. The van der Waals surface area contributed by atoms with Crippen LogP contribution in [0.15, 0.2) is 29.4 Å². The van der Waals surface area contributed by atoms with Crippen LogP contribution in [-0.2, 0) is 25.7 Å². The summed E-state index contributed by atoms with van der Waals surface area (Å²) in [6.07, 6.45) is -4.02. The third kappa shape index (κ3) is 6.64. The molecule has 284 valence electrons. The maximum absolute atomic E-state index is 17.2. The van der Waals surface area contributed by atoms with Crippen molar-refractivity contribution in [3.8, 4) is 22.8 Å². The fraction of sp³-hybridized carbons (Fsp3) is 0.486. The van der Waals surface area contributed by atoms with E-state index < -0.39 is 78.8 Å². The predicted molar refractivity (Wildman–Crippen MR) is 181 cm³/mol. The topological polar surface area (TPSA) is 133 Å². The lowest BCUT2D eigenvalue weighted by Crippen LogP contribution is -2.62. The van der Waals surface area contributed by atoms with E-state index in [1.807, 2.05) is 4.90 Å². The van der Waals surface area contributed by atoms with E-state index in [-0.39, 0.29) is 65.4 Å². The van der Waals surface area contributed by atoms with Gasteiger partial charge >= 0.3 is 12.5 Å². The summed E-state index contributed by atoms with van der Waals surface area (Å²) in [4.78, 5) is 30.4. The summed E-state index contributed by atoms with van der Waals surface area (Å²) in [7, 11) is -2.80. The van der Waals surface area contributed by atoms with Gasteiger partial charge in [-0.3, -0.25) is 4.90 Å². The molecule has 18 heteroatoms. The molecule has 53 heavy (non-hydrogen) atoms. The van der Waals surface area contributed by atoms with Gasteiger partial charge in [0.05, 0.1) is 35.0 Å². The number of sulfone groups is 1. The highest BCUT2D eigenvalue weighted by Crippen LogP contribution is 2.47. The Hall–Kier alpha value is -4.58. The van der Waals surface area contributed by atoms with Crippen LogP contribution >= 0.6 is 0 Å². The molecule has 0 unspecified atom stereocenters. The molecular formula is C35H36F5N5O7S. The number of amides is 1. The Bertz CT molecular complexity index is 2250. The maximum atomic E-state index is 17.2. The van der Waals surface area contributed by atoms with Crippen molar-refractivity contribution in [1.29, 1.82) is 0 Å². The van der Waals surface area contributed by atoms with Gasteiger partial charge in [-0.1, -0.05) is 13.0 Å². The van der Waals surface area contributed by atoms with Gasteiger partial charge in [0.1, 0.15) is 28.4 Å². The summed E-state index contributed by atoms with van der Waals surface area (Å²) in [5, 5.41) is -0.990. The van der Waals surface area contributed by atoms with Gasteiger partial charge in [-0.15, -0.1) is 13.2 Å². The number of piperazine rings is 1. The van der Waals surface area contributed by atoms with E-state index in [1.165, 1.54) is 32.2 Å². The number of methoxy groups -OCH3 is 1. The zero-order chi connectivity index (χ0) is 38.2. The Balaban J connectivity index is 1.48. The molecule has 0 N–H and O–H groups in total. The average molecular weight is 766 g/mol. The Morgan fingerprint density at radius 1 is 1.00 bits per heavy atom. The summed E-state index contributed by atoms with van der Waals surface area (Å²) in [5.74, 6) is -4.04. The molecule has 0 saturated carbocycles. The molecule has 12 nitrogen and oxygen atoms in total. The molecule has 2 fully saturated rings. The zero-order valence-electron chi connectivity index (χ0n) is 29.4. The minimum absolute atomic E-state index is 0.00515. The molecule has 3 atom stereocenters. The fourth-order valence-electron chi connectivity index (χ4n) is 7.55. The third-order valence-corrected chi connectivity index (χ3v) is 11.1. The van der Waals surface area contributed by atoms with E-state index in [1.54, 1.807) is 25.7 Å². The van der Waals surface area contributed by atoms with E-state index in [4.69, 9.17) is 14.2 Å². The number of carbonyl (C=O) groups excluding carboxylic acids is 1. The normalized spacial score (nSPS) is 20.1. The highest BCUT2D eigenvalue weighted by Gasteiger charge is 2.51. The highest BCUT2D eigenvalue weighted by molar-refractivity contribution is 7.91. The van der Waals surface area contributed by atoms with Crippen LogP contribution in [0.1, 0.15) is 52.7 Å². The molecule has 3 aliphatic rings. The largest absolute Gasteiger partial charge is 0.573 e. The number of alkyl halides is 3. The van der Waals surface area contributed by atoms with Crippen LogP contribution in [-0.4, -0.2) is 90.7 Å². The van der Waals surface area contributed by atoms with Crippen molar-refractivity contribution in [2.24, 2.45) is 0 Å². The number of anilines is 1. The summed E-state index contributed by atoms with van der Waals surface area (Å²) in [6, 6.07) is 3.36. The monoisotopic (exact) mass is 765 g/mol. The van der Waals surface area contributed by atoms with Crippen molar-refractivity contribution in [2.45, 2.75) is 88.6 Å². The van der Waals surface area contributed by atoms with Crippen LogP contribution in [0.5, 0.6) is 11.5 Å². The molecule has 1 amide bonds. The first kappa shape index (κ1) is 36.8. The Kier molecular flexibility index (Phi) is 9.07. The SMILES string of the molecule is CCS(=O)(=O)c1nc2c3c(nc(-c4cc(OCOC)cc5ccc(F)c(OC(F)(F)F)c45)c(F)c3n1)CC[C@@H]1[C@@H]3CC[C@H](CN21)N3C(=O)OC(C)(C)C. The number of aromatic nitrogens is 3. The standard InChI is InChI=1S/C35H36F5N5O7S/c1-6-53(47,48)32-42-29-26-22(10-12-23-24-11-8-18(15-44(23)31(26)43-32)45(24)33(46)52-34(2,3)4)41-28(27(29)37)20-14-19(50-16-49-5)13-17-7-9-21(36)30(25(17)20)51-35(38,39)40/h7,9,13-14,18,23-24H,6,8,10-12,15-16H2,1-5H3/t18-,23-,24+/m1/s1. The summed E-state index contributed by atoms with van der Waals surface area (Å²) < 4.78 is 121. The molecule has 2 bridgehead atoms. The summed E-state index contributed by atoms with van der Waals surface area (Å²) >= 11 is 0. The molecule has 2 aromatic carbocycles. The molecule has 3 aliphatic heterocycles. The van der Waals surface area contributed by atoms with E-state index in [9.17, 15) is 26.4 Å². The molecule has 7 rings (SSSR count). The quantitative estimate of drug-likeness (QED) is 0.113. The second-order valence-electron chi connectivity index (χ2n) is 14.2. The second kappa shape index (κ2) is 13.1. The van der Waals surface area contributed by atoms with Crippen molar-refractivity contribution < 1.29 is 54.1 Å². The third-order valence-electron chi connectivity index (χ3n) is 9.64. The number of carbonyl (C=O) groups is 1. The number of ether oxygens (including phenoxy) is 4. The number of aryl methyl sites for hydroxylation is 1. The van der Waals surface area contributed by atoms with Crippen LogP contribution in [0, 0.1) is 11.6 Å². The highest BCUT2D eigenvalue weighted by atomic mass is 32.2. The molecule has 0 spiro atoms. The van der Waals surface area contributed by atoms with Crippen LogP contribution < -0.4 is 14.4 Å². The number of hydrogen-bond donors (Lipinski definition) is 0. The van der Waals surface area contributed by atoms with Gasteiger partial charge < -0.3 is 23.8 Å². The van der Waals surface area contributed by atoms with Crippen molar-refractivity contribution in [1.82, 2.24) is 19.9 Å². The van der Waals surface area contributed by atoms with E-state index >= 15 is 8.78 Å². The van der Waals surface area contributed by atoms with Gasteiger partial charge in [0.15, 0.2) is 24.2 Å². The van der Waals surface area contributed by atoms with Gasteiger partial charge in [-0.2, -0.15) is 0 Å². The molecule has 0 radical (unpaired) electrons. The Morgan fingerprint density at radius 2 is 1.75 bits per heavy atom. The first-order valence-corrected chi connectivity index (χ1v) is 18.6. The average Bonchev–Trinajstić information content (AvgIpc) is 3.32. The summed E-state index contributed by atoms with van der Waals surface area (Å²) in [6.45, 7) is 6.65. The zero-order valence-corrected chi connectivity index (χ0v) is 30.2. The first-order chi connectivity index (χ1) is 24.9. The number of hydrogen-bond acceptors (Lipinski definition) is 11. The molecule has 2 saturated heterocycles. The van der Waals surface area contributed by atoms with Gasteiger partial charge in [0, 0.05) is 24.6 Å². The number of pyridine rings is 1. The van der Waals surface area contributed by atoms with E-state index in [0.717, 1.165) is 6.07 Å². The molecule has 2 aromatic heterocycles. The Labute approximate surface area is 301 Å². The van der Waals surface area contributed by atoms with Crippen molar-refractivity contribution in [2.75, 3.05) is 31.1 Å². The van der Waals surface area contributed by atoms with Crippen molar-refractivity contribution in [3.05, 3.63) is 41.6 Å². The van der Waals surface area contributed by atoms with E-state index in [2.05, 4.69) is 19.7 Å². The van der Waals surface area contributed by atoms with Crippen LogP contribution in [0.4, 0.5) is 32.6 Å². The minimum Gasteiger partial charge on any atom is -0.468 e. The summed E-state index contributed by atoms with van der Waals surface area (Å²) in [5.41, 5.74) is -1.83. The smallest absolute Gasteiger partial charge is 0.468 e. The lowest BCUT2D eigenvalue weighted by Gasteiger charge is -2.47. The second-order valence-corrected chi connectivity index (χ2v) is 16.3. The van der Waals surface area contributed by atoms with Crippen molar-refractivity contribution in [3.63, 3.8) is 0 Å². The maximum Gasteiger partial charge on any atom is 0.573 e. The van der Waals surface area contributed by atoms with Crippen LogP contribution in [0.3, 0.4) is 0 Å². The van der Waals surface area contributed by atoms with Gasteiger partial charge in [0.2, 0.25) is 15.0 Å². The Morgan fingerprint density at radius 3 is 2.43 bits per heavy atom. The predicted octanol–water partition coefficient (Wildman–Crippen LogP) is 6.70. The van der Waals surface area contributed by atoms with Crippen LogP contribution in [0.2, 0.25) is 0 Å².